The zero-order valence-electron chi connectivity index (χ0n) is 16.3. The van der Waals surface area contributed by atoms with Crippen molar-refractivity contribution in [1.29, 1.82) is 0 Å². The maximum absolute atomic E-state index is 12.9. The summed E-state index contributed by atoms with van der Waals surface area (Å²) >= 11 is 0. The van der Waals surface area contributed by atoms with Gasteiger partial charge < -0.3 is 10.6 Å². The minimum absolute atomic E-state index is 0.161. The van der Waals surface area contributed by atoms with Crippen LogP contribution in [0.25, 0.3) is 0 Å². The highest BCUT2D eigenvalue weighted by Gasteiger charge is 2.12. The van der Waals surface area contributed by atoms with Gasteiger partial charge in [0, 0.05) is 24.0 Å². The van der Waals surface area contributed by atoms with Crippen molar-refractivity contribution in [2.75, 3.05) is 11.9 Å². The number of nitrogens with one attached hydrogen (secondary N) is 2. The van der Waals surface area contributed by atoms with Crippen LogP contribution in [0.3, 0.4) is 0 Å². The smallest absolute Gasteiger partial charge is 0.274 e. The first-order valence-corrected chi connectivity index (χ1v) is 9.29. The zero-order valence-corrected chi connectivity index (χ0v) is 16.3. The van der Waals surface area contributed by atoms with E-state index in [0.29, 0.717) is 24.2 Å². The van der Waals surface area contributed by atoms with Gasteiger partial charge in [0.1, 0.15) is 11.5 Å². The Bertz CT molecular complexity index is 1030. The highest BCUT2D eigenvalue weighted by atomic mass is 19.1. The molecule has 0 aliphatic heterocycles. The average Bonchev–Trinajstić information content (AvgIpc) is 2.72. The minimum atomic E-state index is -0.380. The standard InChI is InChI=1S/C23H22FN3O2/c1-15-3-8-20(13-16(15)2)27-23(29)21-14-18(10-12-25-21)22(28)26-11-9-17-4-6-19(24)7-5-17/h3-8,10,12-14H,9,11H2,1-2H3,(H,26,28)(H,27,29). The number of nitrogens with zero attached hydrogens (tertiary/aromatic N) is 1. The monoisotopic (exact) mass is 391 g/mol. The molecule has 0 saturated carbocycles. The molecule has 0 unspecified atom stereocenters. The lowest BCUT2D eigenvalue weighted by Gasteiger charge is -2.09. The summed E-state index contributed by atoms with van der Waals surface area (Å²) < 4.78 is 12.9. The normalized spacial score (nSPS) is 10.4. The van der Waals surface area contributed by atoms with Gasteiger partial charge in [0.25, 0.3) is 11.8 Å². The summed E-state index contributed by atoms with van der Waals surface area (Å²) in [6, 6.07) is 14.8. The van der Waals surface area contributed by atoms with Crippen molar-refractivity contribution in [3.05, 3.63) is 94.6 Å². The number of carbonyl (C=O) groups excluding carboxylic acids is 2. The second-order valence-electron chi connectivity index (χ2n) is 6.82. The molecule has 2 aromatic carbocycles. The van der Waals surface area contributed by atoms with Crippen LogP contribution in [0.2, 0.25) is 0 Å². The van der Waals surface area contributed by atoms with Crippen molar-refractivity contribution in [2.24, 2.45) is 0 Å². The lowest BCUT2D eigenvalue weighted by Crippen LogP contribution is -2.26. The summed E-state index contributed by atoms with van der Waals surface area (Å²) in [4.78, 5) is 28.9. The van der Waals surface area contributed by atoms with Gasteiger partial charge in [-0.2, -0.15) is 0 Å². The number of benzene rings is 2. The molecule has 0 aliphatic carbocycles. The van der Waals surface area contributed by atoms with Crippen LogP contribution in [0.4, 0.5) is 10.1 Å². The molecule has 2 N–H and O–H groups in total. The lowest BCUT2D eigenvalue weighted by molar-refractivity contribution is 0.0954. The molecule has 3 aromatic rings. The molecule has 148 valence electrons. The first kappa shape index (κ1) is 20.2. The Labute approximate surface area is 169 Å². The molecule has 2 amide bonds. The van der Waals surface area contributed by atoms with Gasteiger partial charge in [0.05, 0.1) is 0 Å². The Hall–Kier alpha value is -3.54. The summed E-state index contributed by atoms with van der Waals surface area (Å²) in [5.74, 6) is -0.967. The van der Waals surface area contributed by atoms with E-state index in [1.165, 1.54) is 24.4 Å². The van der Waals surface area contributed by atoms with E-state index in [9.17, 15) is 14.0 Å². The maximum atomic E-state index is 12.9. The van der Waals surface area contributed by atoms with Crippen molar-refractivity contribution < 1.29 is 14.0 Å². The third-order valence-electron chi connectivity index (χ3n) is 4.63. The van der Waals surface area contributed by atoms with Gasteiger partial charge in [-0.25, -0.2) is 4.39 Å². The molecular weight excluding hydrogens is 369 g/mol. The van der Waals surface area contributed by atoms with Crippen LogP contribution in [-0.4, -0.2) is 23.3 Å². The van der Waals surface area contributed by atoms with E-state index in [1.807, 2.05) is 32.0 Å². The predicted molar refractivity (Wildman–Crippen MR) is 111 cm³/mol. The molecule has 3 rings (SSSR count). The lowest BCUT2D eigenvalue weighted by atomic mass is 10.1. The number of hydrogen-bond donors (Lipinski definition) is 2. The third-order valence-corrected chi connectivity index (χ3v) is 4.63. The van der Waals surface area contributed by atoms with E-state index < -0.39 is 0 Å². The van der Waals surface area contributed by atoms with Crippen LogP contribution in [0.5, 0.6) is 0 Å². The van der Waals surface area contributed by atoms with Crippen LogP contribution in [0.1, 0.15) is 37.5 Å². The predicted octanol–water partition coefficient (Wildman–Crippen LogP) is 4.06. The van der Waals surface area contributed by atoms with Crippen LogP contribution in [-0.2, 0) is 6.42 Å². The topological polar surface area (TPSA) is 71.1 Å². The minimum Gasteiger partial charge on any atom is -0.352 e. The van der Waals surface area contributed by atoms with E-state index in [2.05, 4.69) is 15.6 Å². The Kier molecular flexibility index (Phi) is 6.34. The number of pyridine rings is 1. The molecule has 0 spiro atoms. The maximum Gasteiger partial charge on any atom is 0.274 e. The molecule has 29 heavy (non-hydrogen) atoms. The van der Waals surface area contributed by atoms with Crippen molar-refractivity contribution in [3.63, 3.8) is 0 Å². The third kappa shape index (κ3) is 5.48. The molecule has 1 aromatic heterocycles. The van der Waals surface area contributed by atoms with E-state index in [4.69, 9.17) is 0 Å². The fraction of sp³-hybridized carbons (Fsp3) is 0.174. The molecule has 0 saturated heterocycles. The number of rotatable bonds is 6. The number of aromatic nitrogens is 1. The largest absolute Gasteiger partial charge is 0.352 e. The summed E-state index contributed by atoms with van der Waals surface area (Å²) in [6.07, 6.45) is 2.02. The summed E-state index contributed by atoms with van der Waals surface area (Å²) in [5, 5.41) is 5.60. The molecule has 0 aliphatic rings. The van der Waals surface area contributed by atoms with Crippen LogP contribution in [0.15, 0.2) is 60.8 Å². The van der Waals surface area contributed by atoms with E-state index in [-0.39, 0.29) is 23.3 Å². The Morgan fingerprint density at radius 2 is 1.69 bits per heavy atom. The fourth-order valence-corrected chi connectivity index (χ4v) is 2.78. The highest BCUT2D eigenvalue weighted by molar-refractivity contribution is 6.04. The number of halogens is 1. The van der Waals surface area contributed by atoms with Gasteiger partial charge in [0.15, 0.2) is 0 Å². The van der Waals surface area contributed by atoms with E-state index in [0.717, 1.165) is 16.7 Å². The van der Waals surface area contributed by atoms with Gasteiger partial charge in [-0.05, 0) is 73.4 Å². The van der Waals surface area contributed by atoms with Crippen molar-refractivity contribution in [3.8, 4) is 0 Å². The molecule has 0 radical (unpaired) electrons. The average molecular weight is 391 g/mol. The number of carbonyl (C=O) groups is 2. The van der Waals surface area contributed by atoms with Gasteiger partial charge in [-0.3, -0.25) is 14.6 Å². The van der Waals surface area contributed by atoms with Gasteiger partial charge >= 0.3 is 0 Å². The second-order valence-corrected chi connectivity index (χ2v) is 6.82. The van der Waals surface area contributed by atoms with Crippen LogP contribution in [0, 0.1) is 19.7 Å². The summed E-state index contributed by atoms with van der Waals surface area (Å²) in [5.41, 5.74) is 4.33. The van der Waals surface area contributed by atoms with Gasteiger partial charge in [-0.1, -0.05) is 18.2 Å². The van der Waals surface area contributed by atoms with Crippen LogP contribution >= 0.6 is 0 Å². The zero-order chi connectivity index (χ0) is 20.8. The Morgan fingerprint density at radius 1 is 0.931 bits per heavy atom. The number of aryl methyl sites for hydroxylation is 2. The van der Waals surface area contributed by atoms with Crippen LogP contribution < -0.4 is 10.6 Å². The first-order valence-electron chi connectivity index (χ1n) is 9.29. The number of amides is 2. The molecule has 1 heterocycles. The quantitative estimate of drug-likeness (QED) is 0.666. The first-order chi connectivity index (χ1) is 13.9. The summed E-state index contributed by atoms with van der Waals surface area (Å²) in [7, 11) is 0. The number of anilines is 1. The van der Waals surface area contributed by atoms with Gasteiger partial charge in [0.2, 0.25) is 0 Å². The van der Waals surface area contributed by atoms with Crippen molar-refractivity contribution in [1.82, 2.24) is 10.3 Å². The Balaban J connectivity index is 1.60. The second kappa shape index (κ2) is 9.10. The van der Waals surface area contributed by atoms with E-state index >= 15 is 0 Å². The molecular formula is C23H22FN3O2. The van der Waals surface area contributed by atoms with Gasteiger partial charge in [-0.15, -0.1) is 0 Å². The fourth-order valence-electron chi connectivity index (χ4n) is 2.78. The highest BCUT2D eigenvalue weighted by Crippen LogP contribution is 2.15. The van der Waals surface area contributed by atoms with E-state index in [1.54, 1.807) is 18.2 Å². The molecule has 0 bridgehead atoms. The molecule has 0 atom stereocenters. The molecule has 0 fully saturated rings. The molecule has 6 heteroatoms. The van der Waals surface area contributed by atoms with Crippen molar-refractivity contribution in [2.45, 2.75) is 20.3 Å². The number of hydrogen-bond acceptors (Lipinski definition) is 3. The SMILES string of the molecule is Cc1ccc(NC(=O)c2cc(C(=O)NCCc3ccc(F)cc3)ccn2)cc1C. The molecule has 5 nitrogen and oxygen atoms in total. The Morgan fingerprint density at radius 3 is 2.41 bits per heavy atom. The summed E-state index contributed by atoms with van der Waals surface area (Å²) in [6.45, 7) is 4.37. The van der Waals surface area contributed by atoms with Crippen molar-refractivity contribution >= 4 is 17.5 Å².